The molecule has 0 unspecified atom stereocenters. The Hall–Kier alpha value is -1.48. The van der Waals surface area contributed by atoms with Gasteiger partial charge in [0.2, 0.25) is 0 Å². The fourth-order valence-corrected chi connectivity index (χ4v) is 1.27. The van der Waals surface area contributed by atoms with Crippen LogP contribution in [0.2, 0.25) is 0 Å². The Bertz CT molecular complexity index is 403. The number of phenolic OH excluding ortho intramolecular Hbond substituents is 1. The fraction of sp³-hybridized carbons (Fsp3) is 0.111. The maximum atomic E-state index is 9.40. The molecule has 0 spiro atoms. The Morgan fingerprint density at radius 2 is 2.17 bits per heavy atom. The van der Waals surface area contributed by atoms with Gasteiger partial charge in [0.05, 0.1) is 11.6 Å². The molecular weight excluding hydrogens is 156 g/mol. The lowest BCUT2D eigenvalue weighted by Crippen LogP contribution is -1.78. The number of hydrogen-bond acceptors (Lipinski definition) is 3. The molecule has 1 aromatic carbocycles. The van der Waals surface area contributed by atoms with Crippen LogP contribution in [-0.4, -0.2) is 10.2 Å². The summed E-state index contributed by atoms with van der Waals surface area (Å²) in [6.07, 6.45) is 1.51. The molecule has 0 bridgehead atoms. The van der Waals surface area contributed by atoms with Crippen LogP contribution in [-0.2, 0) is 6.61 Å². The van der Waals surface area contributed by atoms with Crippen LogP contribution in [0.5, 0.6) is 5.75 Å². The Morgan fingerprint density at radius 1 is 1.33 bits per heavy atom. The van der Waals surface area contributed by atoms with E-state index in [-0.39, 0.29) is 12.4 Å². The van der Waals surface area contributed by atoms with Crippen LogP contribution in [0.4, 0.5) is 0 Å². The van der Waals surface area contributed by atoms with Crippen LogP contribution in [0.15, 0.2) is 28.9 Å². The number of aliphatic hydroxyl groups is 1. The second-order valence-corrected chi connectivity index (χ2v) is 2.56. The molecule has 0 aliphatic carbocycles. The first kappa shape index (κ1) is 7.18. The van der Waals surface area contributed by atoms with Crippen LogP contribution in [0.3, 0.4) is 0 Å². The zero-order chi connectivity index (χ0) is 8.55. The molecule has 0 radical (unpaired) electrons. The van der Waals surface area contributed by atoms with Crippen molar-refractivity contribution in [2.24, 2.45) is 0 Å². The van der Waals surface area contributed by atoms with E-state index in [1.807, 2.05) is 6.07 Å². The highest BCUT2D eigenvalue weighted by Crippen LogP contribution is 2.29. The first-order chi connectivity index (χ1) is 5.83. The van der Waals surface area contributed by atoms with Crippen molar-refractivity contribution in [1.29, 1.82) is 0 Å². The lowest BCUT2D eigenvalue weighted by molar-refractivity contribution is 0.249. The van der Waals surface area contributed by atoms with E-state index in [0.29, 0.717) is 11.1 Å². The van der Waals surface area contributed by atoms with E-state index < -0.39 is 0 Å². The number of aliphatic hydroxyl groups excluding tert-OH is 1. The Kier molecular flexibility index (Phi) is 1.52. The molecule has 1 aromatic heterocycles. The van der Waals surface area contributed by atoms with Gasteiger partial charge in [-0.2, -0.15) is 0 Å². The molecule has 3 heteroatoms. The quantitative estimate of drug-likeness (QED) is 0.673. The van der Waals surface area contributed by atoms with E-state index in [1.54, 1.807) is 12.1 Å². The molecule has 2 aromatic rings. The monoisotopic (exact) mass is 164 g/mol. The Morgan fingerprint density at radius 3 is 2.92 bits per heavy atom. The first-order valence-corrected chi connectivity index (χ1v) is 3.62. The van der Waals surface area contributed by atoms with Crippen LogP contribution >= 0.6 is 0 Å². The summed E-state index contributed by atoms with van der Waals surface area (Å²) in [4.78, 5) is 0. The van der Waals surface area contributed by atoms with Crippen molar-refractivity contribution in [1.82, 2.24) is 0 Å². The van der Waals surface area contributed by atoms with Crippen LogP contribution in [0, 0.1) is 0 Å². The SMILES string of the molecule is OCc1occ2cccc(O)c12. The van der Waals surface area contributed by atoms with Gasteiger partial charge < -0.3 is 14.6 Å². The summed E-state index contributed by atoms with van der Waals surface area (Å²) in [5.41, 5.74) is 0. The minimum Gasteiger partial charge on any atom is -0.507 e. The lowest BCUT2D eigenvalue weighted by atomic mass is 10.2. The summed E-state index contributed by atoms with van der Waals surface area (Å²) in [5, 5.41) is 19.6. The van der Waals surface area contributed by atoms with Crippen molar-refractivity contribution in [3.63, 3.8) is 0 Å². The summed E-state index contributed by atoms with van der Waals surface area (Å²) >= 11 is 0. The number of aromatic hydroxyl groups is 1. The van der Waals surface area contributed by atoms with Gasteiger partial charge in [-0.05, 0) is 6.07 Å². The smallest absolute Gasteiger partial charge is 0.140 e. The van der Waals surface area contributed by atoms with E-state index in [9.17, 15) is 5.11 Å². The van der Waals surface area contributed by atoms with Gasteiger partial charge in [0.15, 0.2) is 0 Å². The number of phenols is 1. The molecule has 0 amide bonds. The molecule has 0 aliphatic heterocycles. The molecule has 0 atom stereocenters. The third kappa shape index (κ3) is 0.871. The van der Waals surface area contributed by atoms with Gasteiger partial charge in [0.1, 0.15) is 18.1 Å². The third-order valence-electron chi connectivity index (χ3n) is 1.83. The van der Waals surface area contributed by atoms with Crippen molar-refractivity contribution in [2.75, 3.05) is 0 Å². The van der Waals surface area contributed by atoms with Gasteiger partial charge >= 0.3 is 0 Å². The predicted molar refractivity (Wildman–Crippen MR) is 43.8 cm³/mol. The number of benzene rings is 1. The normalized spacial score (nSPS) is 10.8. The van der Waals surface area contributed by atoms with Crippen LogP contribution in [0.25, 0.3) is 10.8 Å². The summed E-state index contributed by atoms with van der Waals surface area (Å²) in [6, 6.07) is 5.11. The third-order valence-corrected chi connectivity index (χ3v) is 1.83. The van der Waals surface area contributed by atoms with Gasteiger partial charge in [-0.25, -0.2) is 0 Å². The summed E-state index contributed by atoms with van der Waals surface area (Å²) in [6.45, 7) is -0.193. The van der Waals surface area contributed by atoms with Gasteiger partial charge in [0.25, 0.3) is 0 Å². The van der Waals surface area contributed by atoms with Crippen molar-refractivity contribution in [3.05, 3.63) is 30.2 Å². The van der Waals surface area contributed by atoms with E-state index in [4.69, 9.17) is 9.52 Å². The minimum atomic E-state index is -0.193. The molecule has 0 saturated carbocycles. The second kappa shape index (κ2) is 2.53. The molecule has 2 N–H and O–H groups in total. The van der Waals surface area contributed by atoms with Gasteiger partial charge in [-0.1, -0.05) is 12.1 Å². The number of hydrogen-bond donors (Lipinski definition) is 2. The molecule has 1 heterocycles. The average Bonchev–Trinajstić information content (AvgIpc) is 2.49. The molecule has 0 aliphatic rings. The van der Waals surface area contributed by atoms with E-state index >= 15 is 0 Å². The maximum absolute atomic E-state index is 9.40. The van der Waals surface area contributed by atoms with Crippen LogP contribution in [0.1, 0.15) is 5.76 Å². The number of fused-ring (bicyclic) bond motifs is 1. The molecule has 0 saturated heterocycles. The zero-order valence-electron chi connectivity index (χ0n) is 6.32. The summed E-state index contributed by atoms with van der Waals surface area (Å²) in [5.74, 6) is 0.549. The largest absolute Gasteiger partial charge is 0.507 e. The second-order valence-electron chi connectivity index (χ2n) is 2.56. The Labute approximate surface area is 68.9 Å². The molecule has 3 nitrogen and oxygen atoms in total. The standard InChI is InChI=1S/C9H8O3/c10-4-8-9-6(5-12-8)2-1-3-7(9)11/h1-3,5,10-11H,4H2. The summed E-state index contributed by atoms with van der Waals surface area (Å²) in [7, 11) is 0. The van der Waals surface area contributed by atoms with Crippen LogP contribution < -0.4 is 0 Å². The van der Waals surface area contributed by atoms with E-state index in [1.165, 1.54) is 6.26 Å². The Balaban J connectivity index is 2.83. The maximum Gasteiger partial charge on any atom is 0.140 e. The van der Waals surface area contributed by atoms with Crippen molar-refractivity contribution in [2.45, 2.75) is 6.61 Å². The number of rotatable bonds is 1. The zero-order valence-corrected chi connectivity index (χ0v) is 6.32. The average molecular weight is 164 g/mol. The van der Waals surface area contributed by atoms with Gasteiger partial charge in [0, 0.05) is 5.39 Å². The summed E-state index contributed by atoms with van der Waals surface area (Å²) < 4.78 is 5.04. The minimum absolute atomic E-state index is 0.144. The highest BCUT2D eigenvalue weighted by molar-refractivity contribution is 5.89. The number of furan rings is 1. The van der Waals surface area contributed by atoms with Crippen molar-refractivity contribution in [3.8, 4) is 5.75 Å². The molecular formula is C9H8O3. The van der Waals surface area contributed by atoms with Crippen molar-refractivity contribution >= 4 is 10.8 Å². The highest BCUT2D eigenvalue weighted by Gasteiger charge is 2.07. The topological polar surface area (TPSA) is 53.6 Å². The highest BCUT2D eigenvalue weighted by atomic mass is 16.4. The molecule has 2 rings (SSSR count). The first-order valence-electron chi connectivity index (χ1n) is 3.62. The van der Waals surface area contributed by atoms with Gasteiger partial charge in [-0.15, -0.1) is 0 Å². The lowest BCUT2D eigenvalue weighted by Gasteiger charge is -1.94. The molecule has 62 valence electrons. The van der Waals surface area contributed by atoms with Crippen molar-refractivity contribution < 1.29 is 14.6 Å². The van der Waals surface area contributed by atoms with Gasteiger partial charge in [-0.3, -0.25) is 0 Å². The predicted octanol–water partition coefficient (Wildman–Crippen LogP) is 1.63. The van der Waals surface area contributed by atoms with E-state index in [2.05, 4.69) is 0 Å². The fourth-order valence-electron chi connectivity index (χ4n) is 1.27. The van der Waals surface area contributed by atoms with E-state index in [0.717, 1.165) is 5.39 Å². The molecule has 12 heavy (non-hydrogen) atoms. The molecule has 0 fully saturated rings.